The van der Waals surface area contributed by atoms with E-state index in [0.717, 1.165) is 36.7 Å². The van der Waals surface area contributed by atoms with Gasteiger partial charge in [-0.25, -0.2) is 8.42 Å². The Kier molecular flexibility index (Phi) is 5.41. The van der Waals surface area contributed by atoms with Crippen LogP contribution in [0.2, 0.25) is 0 Å². The van der Waals surface area contributed by atoms with E-state index in [1.165, 1.54) is 10.4 Å². The first-order valence-corrected chi connectivity index (χ1v) is 13.0. The number of rotatable bonds is 3. The summed E-state index contributed by atoms with van der Waals surface area (Å²) in [6.07, 6.45) is 0. The van der Waals surface area contributed by atoms with E-state index in [1.54, 1.807) is 29.8 Å². The zero-order valence-corrected chi connectivity index (χ0v) is 21.1. The number of benzene rings is 3. The summed E-state index contributed by atoms with van der Waals surface area (Å²) in [5.41, 5.74) is 5.08. The molecule has 0 saturated heterocycles. The molecule has 33 heavy (non-hydrogen) atoms. The fraction of sp³-hybridized carbons (Fsp3) is 0.115. The SMILES string of the molecule is Cc1ccc(S(=O)(=O)N2CC(I)=C(c3ccccc3)c3c2ccc2c3ccc(=O)n2C)cc1. The summed E-state index contributed by atoms with van der Waals surface area (Å²) < 4.78 is 31.5. The second kappa shape index (κ2) is 8.14. The van der Waals surface area contributed by atoms with Crippen molar-refractivity contribution in [3.8, 4) is 0 Å². The number of aromatic nitrogens is 1. The van der Waals surface area contributed by atoms with Crippen molar-refractivity contribution in [2.24, 2.45) is 7.05 Å². The van der Waals surface area contributed by atoms with Crippen molar-refractivity contribution in [3.63, 3.8) is 0 Å². The fourth-order valence-electron chi connectivity index (χ4n) is 4.30. The van der Waals surface area contributed by atoms with Gasteiger partial charge in [0.15, 0.2) is 0 Å². The van der Waals surface area contributed by atoms with Crippen molar-refractivity contribution < 1.29 is 8.42 Å². The highest BCUT2D eigenvalue weighted by molar-refractivity contribution is 14.1. The van der Waals surface area contributed by atoms with Crippen molar-refractivity contribution in [2.45, 2.75) is 11.8 Å². The Bertz CT molecular complexity index is 1590. The van der Waals surface area contributed by atoms with E-state index in [0.29, 0.717) is 5.69 Å². The molecule has 0 saturated carbocycles. The highest BCUT2D eigenvalue weighted by Crippen LogP contribution is 2.45. The summed E-state index contributed by atoms with van der Waals surface area (Å²) in [6.45, 7) is 2.17. The number of hydrogen-bond donors (Lipinski definition) is 0. The van der Waals surface area contributed by atoms with Gasteiger partial charge in [-0.15, -0.1) is 0 Å². The molecule has 0 amide bonds. The molecule has 1 aliphatic heterocycles. The Labute approximate surface area is 206 Å². The maximum absolute atomic E-state index is 13.8. The number of hydrogen-bond acceptors (Lipinski definition) is 3. The largest absolute Gasteiger partial charge is 0.311 e. The highest BCUT2D eigenvalue weighted by Gasteiger charge is 2.34. The number of halogens is 1. The van der Waals surface area contributed by atoms with Crippen LogP contribution in [-0.2, 0) is 17.1 Å². The van der Waals surface area contributed by atoms with Crippen molar-refractivity contribution in [1.29, 1.82) is 0 Å². The number of sulfonamides is 1. The maximum Gasteiger partial charge on any atom is 0.264 e. The van der Waals surface area contributed by atoms with Crippen molar-refractivity contribution in [2.75, 3.05) is 10.8 Å². The Morgan fingerprint density at radius 1 is 0.879 bits per heavy atom. The lowest BCUT2D eigenvalue weighted by molar-refractivity contribution is 0.592. The van der Waals surface area contributed by atoms with Crippen LogP contribution >= 0.6 is 22.6 Å². The normalized spacial score (nSPS) is 14.0. The van der Waals surface area contributed by atoms with E-state index >= 15 is 0 Å². The summed E-state index contributed by atoms with van der Waals surface area (Å²) in [4.78, 5) is 12.6. The van der Waals surface area contributed by atoms with E-state index < -0.39 is 10.0 Å². The Balaban J connectivity index is 1.83. The first-order chi connectivity index (χ1) is 15.8. The molecule has 1 aromatic heterocycles. The number of aryl methyl sites for hydroxylation is 2. The van der Waals surface area contributed by atoms with Gasteiger partial charge in [-0.05, 0) is 65.4 Å². The van der Waals surface area contributed by atoms with Gasteiger partial charge in [0, 0.05) is 33.2 Å². The van der Waals surface area contributed by atoms with Crippen molar-refractivity contribution >= 4 is 54.8 Å². The zero-order chi connectivity index (χ0) is 23.3. The molecule has 0 N–H and O–H groups in total. The minimum Gasteiger partial charge on any atom is -0.311 e. The number of pyridine rings is 1. The summed E-state index contributed by atoms with van der Waals surface area (Å²) in [5, 5.41) is 0.839. The van der Waals surface area contributed by atoms with Gasteiger partial charge in [-0.3, -0.25) is 9.10 Å². The number of fused-ring (bicyclic) bond motifs is 3. The molecule has 0 fully saturated rings. The Morgan fingerprint density at radius 2 is 1.58 bits per heavy atom. The van der Waals surface area contributed by atoms with Crippen LogP contribution < -0.4 is 9.86 Å². The molecule has 3 aromatic carbocycles. The highest BCUT2D eigenvalue weighted by atomic mass is 127. The number of nitrogens with zero attached hydrogens (tertiary/aromatic N) is 2. The molecule has 7 heteroatoms. The maximum atomic E-state index is 13.8. The zero-order valence-electron chi connectivity index (χ0n) is 18.1. The van der Waals surface area contributed by atoms with Crippen molar-refractivity contribution in [1.82, 2.24) is 4.57 Å². The van der Waals surface area contributed by atoms with Gasteiger partial charge in [0.1, 0.15) is 0 Å². The molecule has 166 valence electrons. The Hall–Kier alpha value is -2.91. The van der Waals surface area contributed by atoms with Crippen LogP contribution in [0.1, 0.15) is 16.7 Å². The number of anilines is 1. The predicted molar refractivity (Wildman–Crippen MR) is 141 cm³/mol. The van der Waals surface area contributed by atoms with Crippen molar-refractivity contribution in [3.05, 3.63) is 109 Å². The smallest absolute Gasteiger partial charge is 0.264 e. The molecule has 4 aromatic rings. The molecule has 5 rings (SSSR count). The second-order valence-electron chi connectivity index (χ2n) is 8.09. The van der Waals surface area contributed by atoms with E-state index in [2.05, 4.69) is 22.6 Å². The molecule has 0 atom stereocenters. The van der Waals surface area contributed by atoms with Gasteiger partial charge in [-0.1, -0.05) is 48.0 Å². The van der Waals surface area contributed by atoms with Gasteiger partial charge < -0.3 is 4.57 Å². The summed E-state index contributed by atoms with van der Waals surface area (Å²) >= 11 is 2.25. The minimum atomic E-state index is -3.79. The standard InChI is InChI=1S/C26H21IN2O3S/c1-17-8-10-19(11-9-17)33(31,32)29-16-21(27)25(18-6-4-3-5-7-18)26-20-12-15-24(30)28(2)22(20)13-14-23(26)29/h3-15H,16H2,1-2H3. The van der Waals surface area contributed by atoms with Crippen LogP contribution in [0.15, 0.2) is 92.1 Å². The van der Waals surface area contributed by atoms with E-state index in [-0.39, 0.29) is 17.0 Å². The quantitative estimate of drug-likeness (QED) is 0.318. The van der Waals surface area contributed by atoms with Crippen LogP contribution in [0.25, 0.3) is 16.5 Å². The molecule has 0 radical (unpaired) electrons. The van der Waals surface area contributed by atoms with Crippen LogP contribution in [0, 0.1) is 6.92 Å². The topological polar surface area (TPSA) is 59.4 Å². The van der Waals surface area contributed by atoms with Crippen LogP contribution in [-0.4, -0.2) is 19.5 Å². The fourth-order valence-corrected chi connectivity index (χ4v) is 6.90. The lowest BCUT2D eigenvalue weighted by atomic mass is 9.90. The van der Waals surface area contributed by atoms with Gasteiger partial charge in [0.05, 0.1) is 22.6 Å². The molecule has 0 aliphatic carbocycles. The molecule has 5 nitrogen and oxygen atoms in total. The molecule has 0 bridgehead atoms. The minimum absolute atomic E-state index is 0.109. The van der Waals surface area contributed by atoms with Crippen LogP contribution in [0.5, 0.6) is 0 Å². The van der Waals surface area contributed by atoms with Crippen LogP contribution in [0.4, 0.5) is 5.69 Å². The van der Waals surface area contributed by atoms with Gasteiger partial charge in [0.25, 0.3) is 15.6 Å². The lowest BCUT2D eigenvalue weighted by Crippen LogP contribution is -2.35. The molecular formula is C26H21IN2O3S. The van der Waals surface area contributed by atoms with E-state index in [9.17, 15) is 13.2 Å². The predicted octanol–water partition coefficient (Wildman–Crippen LogP) is 5.25. The molecule has 0 spiro atoms. The van der Waals surface area contributed by atoms with Gasteiger partial charge in [-0.2, -0.15) is 0 Å². The summed E-state index contributed by atoms with van der Waals surface area (Å²) in [6, 6.07) is 23.9. The average molecular weight is 568 g/mol. The second-order valence-corrected chi connectivity index (χ2v) is 11.3. The van der Waals surface area contributed by atoms with Gasteiger partial charge in [0.2, 0.25) is 0 Å². The summed E-state index contributed by atoms with van der Waals surface area (Å²) in [5.74, 6) is 0. The van der Waals surface area contributed by atoms with Gasteiger partial charge >= 0.3 is 0 Å². The molecular weight excluding hydrogens is 547 g/mol. The first-order valence-electron chi connectivity index (χ1n) is 10.5. The Morgan fingerprint density at radius 3 is 2.27 bits per heavy atom. The molecule has 1 aliphatic rings. The van der Waals surface area contributed by atoms with E-state index in [1.807, 2.05) is 61.5 Å². The third-order valence-corrected chi connectivity index (χ3v) is 8.68. The molecule has 2 heterocycles. The van der Waals surface area contributed by atoms with Crippen LogP contribution in [0.3, 0.4) is 0 Å². The summed E-state index contributed by atoms with van der Waals surface area (Å²) in [7, 11) is -2.06. The van der Waals surface area contributed by atoms with E-state index in [4.69, 9.17) is 0 Å². The average Bonchev–Trinajstić information content (AvgIpc) is 2.81. The lowest BCUT2D eigenvalue weighted by Gasteiger charge is -2.33. The third-order valence-electron chi connectivity index (χ3n) is 6.03. The third kappa shape index (κ3) is 3.59. The monoisotopic (exact) mass is 568 g/mol. The molecule has 0 unspecified atom stereocenters. The first kappa shape index (κ1) is 21.9.